The Morgan fingerprint density at radius 1 is 1.23 bits per heavy atom. The van der Waals surface area contributed by atoms with Crippen LogP contribution in [0.15, 0.2) is 30.5 Å². The maximum Gasteiger partial charge on any atom is 0.326 e. The second-order valence-electron chi connectivity index (χ2n) is 7.49. The number of benzene rings is 1. The number of aryl methyl sites for hydroxylation is 1. The van der Waals surface area contributed by atoms with Crippen molar-refractivity contribution >= 4 is 11.9 Å². The second kappa shape index (κ2) is 6.27. The minimum absolute atomic E-state index is 0.0866. The summed E-state index contributed by atoms with van der Waals surface area (Å²) in [7, 11) is 0. The van der Waals surface area contributed by atoms with E-state index in [9.17, 15) is 14.7 Å². The number of aromatic nitrogens is 2. The van der Waals surface area contributed by atoms with Crippen LogP contribution >= 0.6 is 0 Å². The van der Waals surface area contributed by atoms with E-state index in [1.54, 1.807) is 15.8 Å². The second-order valence-corrected chi connectivity index (χ2v) is 7.49. The number of nitrogens with zero attached hydrogens (tertiary/aromatic N) is 3. The maximum absolute atomic E-state index is 13.1. The van der Waals surface area contributed by atoms with E-state index in [4.69, 9.17) is 0 Å². The quantitative estimate of drug-likeness (QED) is 0.921. The van der Waals surface area contributed by atoms with E-state index in [0.29, 0.717) is 18.0 Å². The number of carboxylic acids is 1. The molecule has 3 atom stereocenters. The number of rotatable bonds is 3. The van der Waals surface area contributed by atoms with Gasteiger partial charge in [-0.25, -0.2) is 9.48 Å². The molecule has 0 spiro atoms. The summed E-state index contributed by atoms with van der Waals surface area (Å²) in [4.78, 5) is 26.5. The van der Waals surface area contributed by atoms with Crippen LogP contribution < -0.4 is 0 Å². The number of carbonyl (C=O) groups excluding carboxylic acids is 1. The van der Waals surface area contributed by atoms with Crippen LogP contribution in [-0.4, -0.2) is 44.3 Å². The Morgan fingerprint density at radius 3 is 2.77 bits per heavy atom. The Kier molecular flexibility index (Phi) is 4.05. The molecule has 2 aliphatic rings. The number of fused-ring (bicyclic) bond motifs is 1. The van der Waals surface area contributed by atoms with Crippen molar-refractivity contribution < 1.29 is 14.7 Å². The van der Waals surface area contributed by atoms with Gasteiger partial charge in [-0.15, -0.1) is 0 Å². The van der Waals surface area contributed by atoms with Gasteiger partial charge in [0.05, 0.1) is 23.1 Å². The number of carboxylic acid groups (broad SMARTS) is 1. The van der Waals surface area contributed by atoms with Crippen LogP contribution in [0.2, 0.25) is 0 Å². The predicted octanol–water partition coefficient (Wildman–Crippen LogP) is 2.81. The molecule has 6 heteroatoms. The summed E-state index contributed by atoms with van der Waals surface area (Å²) in [6, 6.07) is 7.21. The predicted molar refractivity (Wildman–Crippen MR) is 96.3 cm³/mol. The van der Waals surface area contributed by atoms with E-state index in [1.165, 1.54) is 0 Å². The van der Waals surface area contributed by atoms with E-state index in [1.807, 2.05) is 38.1 Å². The van der Waals surface area contributed by atoms with E-state index in [0.717, 1.165) is 36.2 Å². The third-order valence-electron chi connectivity index (χ3n) is 5.89. The number of carbonyl (C=O) groups is 2. The summed E-state index contributed by atoms with van der Waals surface area (Å²) in [5.74, 6) is -0.713. The number of hydrogen-bond donors (Lipinski definition) is 1. The molecule has 2 fully saturated rings. The molecule has 0 bridgehead atoms. The molecule has 1 saturated carbocycles. The Labute approximate surface area is 152 Å². The summed E-state index contributed by atoms with van der Waals surface area (Å²) >= 11 is 0. The number of likely N-dealkylation sites (tertiary alicyclic amines) is 1. The van der Waals surface area contributed by atoms with E-state index >= 15 is 0 Å². The molecule has 1 saturated heterocycles. The number of hydrogen-bond acceptors (Lipinski definition) is 3. The van der Waals surface area contributed by atoms with Gasteiger partial charge < -0.3 is 10.0 Å². The van der Waals surface area contributed by atoms with Crippen LogP contribution in [0.4, 0.5) is 0 Å². The molecule has 1 aromatic carbocycles. The first-order valence-corrected chi connectivity index (χ1v) is 9.13. The van der Waals surface area contributed by atoms with E-state index in [2.05, 4.69) is 5.10 Å². The molecule has 1 aliphatic carbocycles. The van der Waals surface area contributed by atoms with Gasteiger partial charge in [-0.1, -0.05) is 18.6 Å². The van der Waals surface area contributed by atoms with Crippen molar-refractivity contribution in [1.82, 2.24) is 14.7 Å². The highest BCUT2D eigenvalue weighted by Crippen LogP contribution is 2.42. The van der Waals surface area contributed by atoms with Gasteiger partial charge in [0, 0.05) is 6.54 Å². The third kappa shape index (κ3) is 2.60. The first-order chi connectivity index (χ1) is 12.5. The topological polar surface area (TPSA) is 75.4 Å². The lowest BCUT2D eigenvalue weighted by atomic mass is 9.94. The van der Waals surface area contributed by atoms with Gasteiger partial charge in [-0.3, -0.25) is 4.79 Å². The fourth-order valence-corrected chi connectivity index (χ4v) is 4.63. The highest BCUT2D eigenvalue weighted by molar-refractivity contribution is 5.98. The van der Waals surface area contributed by atoms with E-state index < -0.39 is 12.0 Å². The molecule has 0 radical (unpaired) electrons. The van der Waals surface area contributed by atoms with Gasteiger partial charge in [-0.2, -0.15) is 5.10 Å². The summed E-state index contributed by atoms with van der Waals surface area (Å²) in [5.41, 5.74) is 3.23. The molecule has 136 valence electrons. The standard InChI is InChI=1S/C20H23N3O3/c1-12-5-3-7-15(9-12)23-13(2)17(10-21-23)19(24)22-11-14-6-4-8-16(14)18(22)20(25)26/h3,5,7,9-10,14,16,18H,4,6,8,11H2,1-2H3,(H,25,26). The molecule has 1 N–H and O–H groups in total. The Morgan fingerprint density at radius 2 is 2.04 bits per heavy atom. The van der Waals surface area contributed by atoms with Gasteiger partial charge >= 0.3 is 5.97 Å². The first-order valence-electron chi connectivity index (χ1n) is 9.13. The first kappa shape index (κ1) is 16.8. The van der Waals surface area contributed by atoms with Crippen molar-refractivity contribution in [1.29, 1.82) is 0 Å². The maximum atomic E-state index is 13.1. The van der Waals surface area contributed by atoms with Gasteiger partial charge in [0.2, 0.25) is 0 Å². The molecule has 1 amide bonds. The van der Waals surface area contributed by atoms with Crippen LogP contribution in [0.1, 0.15) is 40.9 Å². The van der Waals surface area contributed by atoms with Crippen molar-refractivity contribution in [3.8, 4) is 5.69 Å². The zero-order valence-electron chi connectivity index (χ0n) is 15.1. The summed E-state index contributed by atoms with van der Waals surface area (Å²) in [6.07, 6.45) is 4.53. The molecule has 26 heavy (non-hydrogen) atoms. The molecule has 4 rings (SSSR count). The van der Waals surface area contributed by atoms with Crippen LogP contribution in [0.25, 0.3) is 5.69 Å². The zero-order valence-corrected chi connectivity index (χ0v) is 15.1. The van der Waals surface area contributed by atoms with Crippen molar-refractivity contribution in [2.24, 2.45) is 11.8 Å². The van der Waals surface area contributed by atoms with Crippen molar-refractivity contribution in [2.45, 2.75) is 39.2 Å². The van der Waals surface area contributed by atoms with Crippen LogP contribution in [-0.2, 0) is 4.79 Å². The Hall–Kier alpha value is -2.63. The lowest BCUT2D eigenvalue weighted by Crippen LogP contribution is -2.43. The molecule has 3 unspecified atom stereocenters. The van der Waals surface area contributed by atoms with Gasteiger partial charge in [0.25, 0.3) is 5.91 Å². The molecule has 2 aromatic rings. The Balaban J connectivity index is 1.66. The van der Waals surface area contributed by atoms with Crippen LogP contribution in [0.3, 0.4) is 0 Å². The SMILES string of the molecule is Cc1cccc(-n2ncc(C(=O)N3CC4CCCC4C3C(=O)O)c2C)c1. The zero-order chi connectivity index (χ0) is 18.4. The molecular formula is C20H23N3O3. The average molecular weight is 353 g/mol. The van der Waals surface area contributed by atoms with Gasteiger partial charge in [-0.05, 0) is 56.2 Å². The normalized spacial score (nSPS) is 24.7. The van der Waals surface area contributed by atoms with E-state index in [-0.39, 0.29) is 11.8 Å². The largest absolute Gasteiger partial charge is 0.480 e. The minimum Gasteiger partial charge on any atom is -0.480 e. The highest BCUT2D eigenvalue weighted by atomic mass is 16.4. The fourth-order valence-electron chi connectivity index (χ4n) is 4.63. The molecule has 1 aromatic heterocycles. The lowest BCUT2D eigenvalue weighted by Gasteiger charge is -2.24. The summed E-state index contributed by atoms with van der Waals surface area (Å²) in [6.45, 7) is 4.40. The Bertz CT molecular complexity index is 873. The van der Waals surface area contributed by atoms with Crippen LogP contribution in [0.5, 0.6) is 0 Å². The molecule has 6 nitrogen and oxygen atoms in total. The van der Waals surface area contributed by atoms with Crippen molar-refractivity contribution in [3.63, 3.8) is 0 Å². The highest BCUT2D eigenvalue weighted by Gasteiger charge is 2.49. The monoisotopic (exact) mass is 353 g/mol. The van der Waals surface area contributed by atoms with Crippen LogP contribution in [0, 0.1) is 25.7 Å². The van der Waals surface area contributed by atoms with Gasteiger partial charge in [0.15, 0.2) is 0 Å². The lowest BCUT2D eigenvalue weighted by molar-refractivity contribution is -0.142. The number of aliphatic carboxylic acids is 1. The van der Waals surface area contributed by atoms with Gasteiger partial charge in [0.1, 0.15) is 6.04 Å². The minimum atomic E-state index is -0.892. The van der Waals surface area contributed by atoms with Crippen molar-refractivity contribution in [3.05, 3.63) is 47.3 Å². The average Bonchev–Trinajstić information content (AvgIpc) is 3.27. The molecule has 1 aliphatic heterocycles. The van der Waals surface area contributed by atoms with Crippen molar-refractivity contribution in [2.75, 3.05) is 6.54 Å². The number of amides is 1. The smallest absolute Gasteiger partial charge is 0.326 e. The fraction of sp³-hybridized carbons (Fsp3) is 0.450. The summed E-state index contributed by atoms with van der Waals surface area (Å²) < 4.78 is 1.74. The molecular weight excluding hydrogens is 330 g/mol. The third-order valence-corrected chi connectivity index (χ3v) is 5.89. The summed E-state index contributed by atoms with van der Waals surface area (Å²) in [5, 5.41) is 14.1. The molecule has 2 heterocycles.